The van der Waals surface area contributed by atoms with Gasteiger partial charge in [0.2, 0.25) is 5.69 Å². The highest BCUT2D eigenvalue weighted by atomic mass is 15.5. The molecule has 0 spiro atoms. The number of imidazole rings is 2. The smallest absolute Gasteiger partial charge is 0.249 e. The van der Waals surface area contributed by atoms with Crippen LogP contribution >= 0.6 is 0 Å². The first-order valence-electron chi connectivity index (χ1n) is 36.3. The summed E-state index contributed by atoms with van der Waals surface area (Å²) in [7, 11) is 14.0. The molecule has 552 valence electrons. The Morgan fingerprint density at radius 3 is 0.990 bits per heavy atom. The molecule has 0 unspecified atom stereocenters. The van der Waals surface area contributed by atoms with Crippen molar-refractivity contribution in [2.24, 2.45) is 49.3 Å². The first kappa shape index (κ1) is 81.6. The van der Waals surface area contributed by atoms with Crippen molar-refractivity contribution >= 4 is 0 Å². The number of aromatic nitrogens is 16. The minimum Gasteiger partial charge on any atom is -0.335 e. The molecule has 0 fully saturated rings. The van der Waals surface area contributed by atoms with Gasteiger partial charge in [0.15, 0.2) is 23.7 Å². The molecule has 0 aliphatic carbocycles. The molecule has 0 atom stereocenters. The zero-order valence-electron chi connectivity index (χ0n) is 70.7. The van der Waals surface area contributed by atoms with Crippen molar-refractivity contribution in [2.45, 2.75) is 215 Å². The van der Waals surface area contributed by atoms with Gasteiger partial charge in [0.1, 0.15) is 36.2 Å². The third kappa shape index (κ3) is 16.6. The van der Waals surface area contributed by atoms with Gasteiger partial charge in [-0.3, -0.25) is 4.68 Å². The van der Waals surface area contributed by atoms with Gasteiger partial charge in [0.25, 0.3) is 0 Å². The minimum atomic E-state index is 0.817. The van der Waals surface area contributed by atoms with E-state index in [1.165, 1.54) is 173 Å². The summed E-state index contributed by atoms with van der Waals surface area (Å²) in [6, 6.07) is 13.4. The number of nitrogens with zero attached hydrogens (tertiary/aromatic N) is 16. The summed E-state index contributed by atoms with van der Waals surface area (Å²) < 4.78 is 12.0. The van der Waals surface area contributed by atoms with Crippen LogP contribution in [0.2, 0.25) is 0 Å². The molecule has 0 saturated heterocycles. The van der Waals surface area contributed by atoms with E-state index in [-0.39, 0.29) is 0 Å². The molecule has 12 rings (SSSR count). The van der Waals surface area contributed by atoms with Gasteiger partial charge in [0.05, 0.1) is 18.4 Å². The molecule has 0 amide bonds. The fourth-order valence-corrected chi connectivity index (χ4v) is 13.2. The van der Waals surface area contributed by atoms with Gasteiger partial charge in [-0.1, -0.05) is 0 Å². The van der Waals surface area contributed by atoms with Gasteiger partial charge in [-0.15, -0.1) is 10.2 Å². The lowest BCUT2D eigenvalue weighted by Crippen LogP contribution is -2.36. The van der Waals surface area contributed by atoms with Crippen LogP contribution in [-0.4, -0.2) is 73.3 Å². The van der Waals surface area contributed by atoms with Crippen LogP contribution in [0, 0.1) is 215 Å². The highest BCUT2D eigenvalue weighted by molar-refractivity contribution is 5.72. The van der Waals surface area contributed by atoms with Crippen molar-refractivity contribution in [1.82, 2.24) is 73.3 Å². The van der Waals surface area contributed by atoms with Crippen molar-refractivity contribution < 1.29 is 4.68 Å². The number of benzene rings is 6. The van der Waals surface area contributed by atoms with Crippen molar-refractivity contribution in [3.8, 4) is 68.1 Å². The number of aryl methyl sites for hydroxylation is 15. The first-order chi connectivity index (χ1) is 48.4. The van der Waals surface area contributed by atoms with E-state index in [2.05, 4.69) is 295 Å². The SMILES string of the molecule is Cc1cc(-c2c[n+](C)n(C)n2)c(C)c(C)c1C.Cc1cc(-c2nc(C)c(C)n2C)c(C)c(C)c1C.Cc1cc(-c2nc(C)n(C)c2C)c(C)c(C)c1C.Cc1cc(-c2nc(C)n(C)n2)c(C)c(C)c1C.Cc1cc(-c2nnc(C)n2C)c(C)c(C)c1C.Cc1nc(-c2cc(C)c(C)c(C)c2C)n(C)n1. The highest BCUT2D eigenvalue weighted by Gasteiger charge is 2.22. The molecule has 12 aromatic rings. The first-order valence-corrected chi connectivity index (χ1v) is 36.3. The molecule has 0 N–H and O–H groups in total. The Morgan fingerprint density at radius 1 is 0.279 bits per heavy atom. The monoisotopic (exact) mass is 1400 g/mol. The van der Waals surface area contributed by atoms with Crippen LogP contribution in [0.4, 0.5) is 0 Å². The van der Waals surface area contributed by atoms with E-state index in [0.717, 1.165) is 69.2 Å². The van der Waals surface area contributed by atoms with Gasteiger partial charge >= 0.3 is 0 Å². The van der Waals surface area contributed by atoms with Crippen LogP contribution in [0.5, 0.6) is 0 Å². The van der Waals surface area contributed by atoms with Gasteiger partial charge in [-0.25, -0.2) is 24.6 Å². The molecule has 6 heterocycles. The second kappa shape index (κ2) is 32.5. The van der Waals surface area contributed by atoms with E-state index in [9.17, 15) is 0 Å². The van der Waals surface area contributed by atoms with E-state index >= 15 is 0 Å². The zero-order valence-corrected chi connectivity index (χ0v) is 70.7. The van der Waals surface area contributed by atoms with Crippen molar-refractivity contribution in [1.29, 1.82) is 0 Å². The quantitative estimate of drug-likeness (QED) is 0.148. The average molecular weight is 1400 g/mol. The van der Waals surface area contributed by atoms with E-state index in [4.69, 9.17) is 9.97 Å². The Labute approximate surface area is 623 Å². The fourth-order valence-electron chi connectivity index (χ4n) is 13.2. The van der Waals surface area contributed by atoms with Crippen LogP contribution < -0.4 is 4.68 Å². The molecule has 16 heteroatoms. The third-order valence-corrected chi connectivity index (χ3v) is 23.6. The van der Waals surface area contributed by atoms with Crippen LogP contribution in [0.1, 0.15) is 174 Å². The van der Waals surface area contributed by atoms with Gasteiger partial charge in [-0.05, 0) is 389 Å². The number of rotatable bonds is 6. The molecular formula is C88H121N16+. The molecular weight excluding hydrogens is 1280 g/mol. The van der Waals surface area contributed by atoms with E-state index in [1.54, 1.807) is 0 Å². The second-order valence-electron chi connectivity index (χ2n) is 29.5. The van der Waals surface area contributed by atoms with Crippen molar-refractivity contribution in [3.05, 3.63) is 216 Å². The Hall–Kier alpha value is -9.70. The maximum Gasteiger partial charge on any atom is 0.249 e. The molecule has 16 nitrogen and oxygen atoms in total. The normalized spacial score (nSPS) is 11.0. The molecule has 0 bridgehead atoms. The summed E-state index contributed by atoms with van der Waals surface area (Å²) in [4.78, 5) is 20.3. The highest BCUT2D eigenvalue weighted by Crippen LogP contribution is 2.35. The molecule has 6 aromatic carbocycles. The number of hydrogen-bond donors (Lipinski definition) is 0. The Kier molecular flexibility index (Phi) is 25.5. The van der Waals surface area contributed by atoms with E-state index in [1.807, 2.05) is 79.4 Å². The topological polar surface area (TPSA) is 149 Å². The summed E-state index contributed by atoms with van der Waals surface area (Å²) in [5.41, 5.74) is 45.3. The lowest BCUT2D eigenvalue weighted by molar-refractivity contribution is -0.755. The Balaban J connectivity index is 0.000000175. The predicted octanol–water partition coefficient (Wildman–Crippen LogP) is 19.1. The lowest BCUT2D eigenvalue weighted by atomic mass is 9.92. The number of hydrogen-bond acceptors (Lipinski definition) is 9. The van der Waals surface area contributed by atoms with Crippen molar-refractivity contribution in [2.75, 3.05) is 0 Å². The zero-order chi connectivity index (χ0) is 78.2. The van der Waals surface area contributed by atoms with Gasteiger partial charge < -0.3 is 13.7 Å². The molecule has 0 aliphatic heterocycles. The van der Waals surface area contributed by atoms with Gasteiger partial charge in [-0.2, -0.15) is 14.9 Å². The maximum absolute atomic E-state index is 4.72. The van der Waals surface area contributed by atoms with Crippen LogP contribution in [0.3, 0.4) is 0 Å². The molecule has 104 heavy (non-hydrogen) atoms. The van der Waals surface area contributed by atoms with Crippen LogP contribution in [0.25, 0.3) is 68.1 Å². The summed E-state index contributed by atoms with van der Waals surface area (Å²) in [5.74, 6) is 7.57. The molecule has 0 radical (unpaired) electrons. The Bertz CT molecular complexity index is 4910. The summed E-state index contributed by atoms with van der Waals surface area (Å²) in [5, 5.41) is 21.7. The van der Waals surface area contributed by atoms with E-state index in [0.29, 0.717) is 0 Å². The standard InChI is InChI=1S/2C16H22N2.C14H20N3.3C14H19N3/c1-9-8-15(12(4)11(3)10(9)2)16-13(5)18(7)14(6)17-16;1-9-8-15(12(4)11(3)10(9)2)16-17-13(5)14(6)18(16)7;1-9-7-13(12(4)11(3)10(9)2)14-8-16(5)17(6)15-14;1-8-7-13(11(4)10(3)9(8)2)14-16-15-12(5)17(14)6;1-8-7-13(11(4)10(3)9(8)2)14-15-12(5)17(6)16-14;1-8-7-13(11(4)10(3)9(8)2)14-15-12(5)16-17(14)6/h2*8H,1-7H3;7-8H,1-6H3;3*7H,1-6H3/q;;+1;;;. The summed E-state index contributed by atoms with van der Waals surface area (Å²) in [6.07, 6.45) is 2.07. The molecule has 6 aromatic heterocycles. The summed E-state index contributed by atoms with van der Waals surface area (Å²) in [6.45, 7) is 66.4. The van der Waals surface area contributed by atoms with Gasteiger partial charge in [0, 0.05) is 85.1 Å². The predicted molar refractivity (Wildman–Crippen MR) is 433 cm³/mol. The van der Waals surface area contributed by atoms with Crippen LogP contribution in [0.15, 0.2) is 42.6 Å². The van der Waals surface area contributed by atoms with E-state index < -0.39 is 0 Å². The fraction of sp³-hybridized carbons (Fsp3) is 0.432. The van der Waals surface area contributed by atoms with Crippen LogP contribution in [-0.2, 0) is 49.3 Å². The van der Waals surface area contributed by atoms with Crippen molar-refractivity contribution in [3.63, 3.8) is 0 Å². The lowest BCUT2D eigenvalue weighted by Gasteiger charge is -2.14. The second-order valence-corrected chi connectivity index (χ2v) is 29.5. The molecule has 0 saturated carbocycles. The molecule has 0 aliphatic rings. The Morgan fingerprint density at radius 2 is 0.654 bits per heavy atom. The summed E-state index contributed by atoms with van der Waals surface area (Å²) >= 11 is 0. The third-order valence-electron chi connectivity index (χ3n) is 23.6. The average Bonchev–Trinajstić information content (AvgIpc) is 1.48. The maximum atomic E-state index is 4.72. The minimum absolute atomic E-state index is 0.817. The largest absolute Gasteiger partial charge is 0.335 e.